The summed E-state index contributed by atoms with van der Waals surface area (Å²) in [5.74, 6) is -0.483. The average Bonchev–Trinajstić information content (AvgIpc) is 2.80. The topological polar surface area (TPSA) is 114 Å². The number of aromatic nitrogens is 1. The number of benzene rings is 1. The van der Waals surface area contributed by atoms with Crippen molar-refractivity contribution in [2.24, 2.45) is 5.73 Å². The van der Waals surface area contributed by atoms with Gasteiger partial charge in [0, 0.05) is 29.6 Å². The molecule has 20 heavy (non-hydrogen) atoms. The second-order valence-corrected chi connectivity index (χ2v) is 4.71. The number of carbonyl (C=O) groups excluding carboxylic acids is 2. The summed E-state index contributed by atoms with van der Waals surface area (Å²) < 4.78 is 0. The van der Waals surface area contributed by atoms with Crippen LogP contribution in [-0.2, 0) is 4.79 Å². The summed E-state index contributed by atoms with van der Waals surface area (Å²) in [6.07, 6.45) is 1.75. The van der Waals surface area contributed by atoms with Gasteiger partial charge in [-0.25, -0.2) is 0 Å². The molecule has 0 spiro atoms. The van der Waals surface area contributed by atoms with Gasteiger partial charge in [0.25, 0.3) is 5.91 Å². The Bertz CT molecular complexity index is 633. The minimum absolute atomic E-state index is 0.168. The van der Waals surface area contributed by atoms with Crippen LogP contribution in [0.15, 0.2) is 24.3 Å². The first-order valence-electron chi connectivity index (χ1n) is 6.51. The van der Waals surface area contributed by atoms with Crippen molar-refractivity contribution in [1.82, 2.24) is 10.3 Å². The Labute approximate surface area is 116 Å². The van der Waals surface area contributed by atoms with E-state index in [1.807, 2.05) is 12.1 Å². The number of primary amides is 1. The molecule has 0 aliphatic carbocycles. The van der Waals surface area contributed by atoms with Gasteiger partial charge in [0.15, 0.2) is 0 Å². The van der Waals surface area contributed by atoms with E-state index in [-0.39, 0.29) is 11.8 Å². The predicted octanol–water partition coefficient (Wildman–Crippen LogP) is 1.14. The number of H-pyrrole nitrogens is 1. The van der Waals surface area contributed by atoms with Gasteiger partial charge in [0.05, 0.1) is 0 Å². The second-order valence-electron chi connectivity index (χ2n) is 4.71. The van der Waals surface area contributed by atoms with Crippen LogP contribution in [0.1, 0.15) is 29.8 Å². The Morgan fingerprint density at radius 2 is 2.00 bits per heavy atom. The molecular formula is C14H18N4O2. The van der Waals surface area contributed by atoms with E-state index in [1.165, 1.54) is 0 Å². The lowest BCUT2D eigenvalue weighted by molar-refractivity contribution is -0.118. The van der Waals surface area contributed by atoms with Gasteiger partial charge < -0.3 is 21.8 Å². The van der Waals surface area contributed by atoms with E-state index in [1.54, 1.807) is 12.1 Å². The summed E-state index contributed by atoms with van der Waals surface area (Å²) >= 11 is 0. The van der Waals surface area contributed by atoms with Crippen LogP contribution in [0.25, 0.3) is 10.9 Å². The summed E-state index contributed by atoms with van der Waals surface area (Å²) in [5.41, 5.74) is 12.8. The molecule has 0 atom stereocenters. The first-order valence-corrected chi connectivity index (χ1v) is 6.51. The zero-order chi connectivity index (χ0) is 14.5. The van der Waals surface area contributed by atoms with Crippen molar-refractivity contribution >= 4 is 28.4 Å². The number of amides is 2. The summed E-state index contributed by atoms with van der Waals surface area (Å²) in [4.78, 5) is 25.5. The third kappa shape index (κ3) is 3.50. The monoisotopic (exact) mass is 274 g/mol. The molecule has 0 bridgehead atoms. The van der Waals surface area contributed by atoms with Crippen molar-refractivity contribution in [3.8, 4) is 0 Å². The molecule has 1 heterocycles. The zero-order valence-corrected chi connectivity index (χ0v) is 11.1. The van der Waals surface area contributed by atoms with Crippen LogP contribution in [0.3, 0.4) is 0 Å². The molecule has 0 saturated carbocycles. The summed E-state index contributed by atoms with van der Waals surface area (Å²) in [7, 11) is 0. The zero-order valence-electron chi connectivity index (χ0n) is 11.1. The molecular weight excluding hydrogens is 256 g/mol. The Morgan fingerprint density at radius 3 is 2.75 bits per heavy atom. The molecule has 6 nitrogen and oxygen atoms in total. The highest BCUT2D eigenvalue weighted by Gasteiger charge is 2.08. The number of nitrogen functional groups attached to an aromatic ring is 1. The number of hydrogen-bond acceptors (Lipinski definition) is 3. The molecule has 0 aliphatic rings. The van der Waals surface area contributed by atoms with E-state index in [2.05, 4.69) is 10.3 Å². The average molecular weight is 274 g/mol. The van der Waals surface area contributed by atoms with Crippen molar-refractivity contribution in [1.29, 1.82) is 0 Å². The van der Waals surface area contributed by atoms with Gasteiger partial charge in [-0.2, -0.15) is 0 Å². The third-order valence-electron chi connectivity index (χ3n) is 3.02. The quantitative estimate of drug-likeness (QED) is 0.467. The molecule has 0 saturated heterocycles. The maximum atomic E-state index is 11.9. The molecule has 106 valence electrons. The van der Waals surface area contributed by atoms with E-state index < -0.39 is 0 Å². The molecule has 1 aromatic heterocycles. The number of carbonyl (C=O) groups is 2. The minimum atomic E-state index is -0.315. The van der Waals surface area contributed by atoms with Crippen molar-refractivity contribution in [3.05, 3.63) is 30.0 Å². The lowest BCUT2D eigenvalue weighted by Gasteiger charge is -2.02. The lowest BCUT2D eigenvalue weighted by Crippen LogP contribution is -2.25. The highest BCUT2D eigenvalue weighted by molar-refractivity contribution is 5.98. The molecule has 0 radical (unpaired) electrons. The van der Waals surface area contributed by atoms with Crippen molar-refractivity contribution in [2.75, 3.05) is 12.3 Å². The molecule has 6 N–H and O–H groups in total. The fraction of sp³-hybridized carbons (Fsp3) is 0.286. The molecule has 0 fully saturated rings. The fourth-order valence-corrected chi connectivity index (χ4v) is 1.99. The van der Waals surface area contributed by atoms with Gasteiger partial charge in [-0.3, -0.25) is 9.59 Å². The van der Waals surface area contributed by atoms with Crippen LogP contribution in [0, 0.1) is 0 Å². The molecule has 2 rings (SSSR count). The van der Waals surface area contributed by atoms with Gasteiger partial charge in [0.2, 0.25) is 5.91 Å². The summed E-state index contributed by atoms with van der Waals surface area (Å²) in [6.45, 7) is 0.517. The van der Waals surface area contributed by atoms with Crippen molar-refractivity contribution in [2.45, 2.75) is 19.3 Å². The highest BCUT2D eigenvalue weighted by atomic mass is 16.2. The van der Waals surface area contributed by atoms with Crippen LogP contribution >= 0.6 is 0 Å². The van der Waals surface area contributed by atoms with E-state index in [0.29, 0.717) is 30.8 Å². The van der Waals surface area contributed by atoms with Gasteiger partial charge in [-0.1, -0.05) is 0 Å². The van der Waals surface area contributed by atoms with Crippen LogP contribution in [-0.4, -0.2) is 23.3 Å². The lowest BCUT2D eigenvalue weighted by atomic mass is 10.2. The SMILES string of the molecule is NC(=O)CCCCNC(=O)c1cc2cc(N)ccc2[nH]1. The van der Waals surface area contributed by atoms with Gasteiger partial charge in [-0.05, 0) is 37.1 Å². The first-order chi connectivity index (χ1) is 9.56. The van der Waals surface area contributed by atoms with Gasteiger partial charge >= 0.3 is 0 Å². The summed E-state index contributed by atoms with van der Waals surface area (Å²) in [6, 6.07) is 7.21. The van der Waals surface area contributed by atoms with E-state index in [0.717, 1.165) is 17.3 Å². The number of rotatable bonds is 6. The number of fused-ring (bicyclic) bond motifs is 1. The van der Waals surface area contributed by atoms with Gasteiger partial charge in [0.1, 0.15) is 5.69 Å². The number of unbranched alkanes of at least 4 members (excludes halogenated alkanes) is 1. The van der Waals surface area contributed by atoms with E-state index in [9.17, 15) is 9.59 Å². The molecule has 0 unspecified atom stereocenters. The van der Waals surface area contributed by atoms with Crippen LogP contribution in [0.4, 0.5) is 5.69 Å². The van der Waals surface area contributed by atoms with Crippen LogP contribution in [0.5, 0.6) is 0 Å². The number of hydrogen-bond donors (Lipinski definition) is 4. The third-order valence-corrected chi connectivity index (χ3v) is 3.02. The minimum Gasteiger partial charge on any atom is -0.399 e. The largest absolute Gasteiger partial charge is 0.399 e. The highest BCUT2D eigenvalue weighted by Crippen LogP contribution is 2.18. The first kappa shape index (κ1) is 13.9. The van der Waals surface area contributed by atoms with Crippen LogP contribution in [0.2, 0.25) is 0 Å². The normalized spacial score (nSPS) is 10.6. The molecule has 0 aliphatic heterocycles. The number of nitrogens with one attached hydrogen (secondary N) is 2. The molecule has 1 aromatic carbocycles. The maximum Gasteiger partial charge on any atom is 0.267 e. The maximum absolute atomic E-state index is 11.9. The Morgan fingerprint density at radius 1 is 1.20 bits per heavy atom. The predicted molar refractivity (Wildman–Crippen MR) is 78.1 cm³/mol. The Balaban J connectivity index is 1.89. The second kappa shape index (κ2) is 6.10. The standard InChI is InChI=1S/C14H18N4O2/c15-10-4-5-11-9(7-10)8-12(18-11)14(20)17-6-2-1-3-13(16)19/h4-5,7-8,18H,1-3,6,15H2,(H2,16,19)(H,17,20). The molecule has 2 amide bonds. The van der Waals surface area contributed by atoms with Gasteiger partial charge in [-0.15, -0.1) is 0 Å². The number of anilines is 1. The summed E-state index contributed by atoms with van der Waals surface area (Å²) in [5, 5.41) is 3.70. The van der Waals surface area contributed by atoms with E-state index >= 15 is 0 Å². The number of aromatic amines is 1. The van der Waals surface area contributed by atoms with E-state index in [4.69, 9.17) is 11.5 Å². The fourth-order valence-electron chi connectivity index (χ4n) is 1.99. The molecule has 6 heteroatoms. The smallest absolute Gasteiger partial charge is 0.267 e. The van der Waals surface area contributed by atoms with Crippen molar-refractivity contribution in [3.63, 3.8) is 0 Å². The Kier molecular flexibility index (Phi) is 4.24. The Hall–Kier alpha value is -2.50. The molecule has 2 aromatic rings. The van der Waals surface area contributed by atoms with Crippen molar-refractivity contribution < 1.29 is 9.59 Å². The van der Waals surface area contributed by atoms with Crippen LogP contribution < -0.4 is 16.8 Å². The number of nitrogens with two attached hydrogens (primary N) is 2.